The second kappa shape index (κ2) is 7.74. The summed E-state index contributed by atoms with van der Waals surface area (Å²) in [6.45, 7) is 1.88. The highest BCUT2D eigenvalue weighted by Gasteiger charge is 2.14. The number of benzene rings is 2. The van der Waals surface area contributed by atoms with Crippen LogP contribution in [0.5, 0.6) is 0 Å². The largest absolute Gasteiger partial charge is 0.478 e. The van der Waals surface area contributed by atoms with Gasteiger partial charge in [-0.1, -0.05) is 52.3 Å². The number of carboxylic acids is 1. The maximum Gasteiger partial charge on any atom is 0.336 e. The molecule has 5 heteroatoms. The third kappa shape index (κ3) is 4.53. The van der Waals surface area contributed by atoms with Crippen LogP contribution in [0, 0.1) is 6.92 Å². The third-order valence-corrected chi connectivity index (χ3v) is 4.13. The van der Waals surface area contributed by atoms with Crippen LogP contribution in [0.3, 0.4) is 0 Å². The smallest absolute Gasteiger partial charge is 0.336 e. The van der Waals surface area contributed by atoms with Crippen LogP contribution in [-0.2, 0) is 16.1 Å². The van der Waals surface area contributed by atoms with Crippen molar-refractivity contribution in [3.8, 4) is 0 Å². The number of carbonyl (C=O) groups excluding carboxylic acids is 1. The van der Waals surface area contributed by atoms with Crippen molar-refractivity contribution in [3.63, 3.8) is 0 Å². The van der Waals surface area contributed by atoms with Crippen LogP contribution in [0.4, 0.5) is 0 Å². The van der Waals surface area contributed by atoms with Gasteiger partial charge in [0.1, 0.15) is 6.61 Å². The van der Waals surface area contributed by atoms with Crippen molar-refractivity contribution in [2.45, 2.75) is 13.5 Å². The van der Waals surface area contributed by atoms with Gasteiger partial charge in [-0.3, -0.25) is 0 Å². The Hall–Kier alpha value is -2.40. The molecule has 2 aromatic rings. The van der Waals surface area contributed by atoms with E-state index in [0.29, 0.717) is 15.6 Å². The highest BCUT2D eigenvalue weighted by Crippen LogP contribution is 2.24. The Morgan fingerprint density at radius 1 is 1.17 bits per heavy atom. The standard InChI is InChI=1S/C18H15BrO4/c1-12-15(19)9-7-14(17(12)18(21)22)8-10-16(20)23-11-13-5-3-2-4-6-13/h2-10H,11H2,1H3,(H,21,22)/b10-8+. The highest BCUT2D eigenvalue weighted by atomic mass is 79.9. The summed E-state index contributed by atoms with van der Waals surface area (Å²) in [5.41, 5.74) is 2.11. The lowest BCUT2D eigenvalue weighted by atomic mass is 10.0. The quantitative estimate of drug-likeness (QED) is 0.628. The molecule has 2 aromatic carbocycles. The highest BCUT2D eigenvalue weighted by molar-refractivity contribution is 9.10. The van der Waals surface area contributed by atoms with Gasteiger partial charge in [-0.2, -0.15) is 0 Å². The number of rotatable bonds is 5. The van der Waals surface area contributed by atoms with E-state index in [2.05, 4.69) is 15.9 Å². The molecule has 0 fully saturated rings. The monoisotopic (exact) mass is 374 g/mol. The van der Waals surface area contributed by atoms with Crippen LogP contribution >= 0.6 is 15.9 Å². The molecule has 118 valence electrons. The molecule has 0 saturated heterocycles. The average Bonchev–Trinajstić information content (AvgIpc) is 2.54. The number of carbonyl (C=O) groups is 2. The van der Waals surface area contributed by atoms with Crippen molar-refractivity contribution < 1.29 is 19.4 Å². The first-order valence-corrected chi connectivity index (χ1v) is 7.69. The summed E-state index contributed by atoms with van der Waals surface area (Å²) in [5.74, 6) is -1.56. The van der Waals surface area contributed by atoms with E-state index in [1.807, 2.05) is 30.3 Å². The minimum atomic E-state index is -1.04. The van der Waals surface area contributed by atoms with Crippen LogP contribution in [0.25, 0.3) is 6.08 Å². The second-order valence-corrected chi connectivity index (χ2v) is 5.72. The summed E-state index contributed by atoms with van der Waals surface area (Å²) < 4.78 is 5.83. The molecule has 0 atom stereocenters. The van der Waals surface area contributed by atoms with E-state index in [1.165, 1.54) is 12.2 Å². The Balaban J connectivity index is 2.09. The van der Waals surface area contributed by atoms with Gasteiger partial charge in [-0.05, 0) is 35.8 Å². The molecule has 0 amide bonds. The number of hydrogen-bond donors (Lipinski definition) is 1. The minimum absolute atomic E-state index is 0.159. The van der Waals surface area contributed by atoms with E-state index in [4.69, 9.17) is 4.74 Å². The van der Waals surface area contributed by atoms with Gasteiger partial charge < -0.3 is 9.84 Å². The van der Waals surface area contributed by atoms with E-state index in [1.54, 1.807) is 19.1 Å². The van der Waals surface area contributed by atoms with Gasteiger partial charge in [0, 0.05) is 10.5 Å². The predicted octanol–water partition coefficient (Wildman–Crippen LogP) is 4.21. The molecule has 0 heterocycles. The molecule has 0 spiro atoms. The van der Waals surface area contributed by atoms with Gasteiger partial charge in [0.2, 0.25) is 0 Å². The molecule has 0 aliphatic carbocycles. The third-order valence-electron chi connectivity index (χ3n) is 3.27. The number of carboxylic acid groups (broad SMARTS) is 1. The van der Waals surface area contributed by atoms with Crippen LogP contribution < -0.4 is 0 Å². The van der Waals surface area contributed by atoms with Crippen molar-refractivity contribution in [1.29, 1.82) is 0 Å². The number of esters is 1. The van der Waals surface area contributed by atoms with Gasteiger partial charge in [-0.25, -0.2) is 9.59 Å². The lowest BCUT2D eigenvalue weighted by molar-refractivity contribution is -0.138. The Bertz CT molecular complexity index is 751. The van der Waals surface area contributed by atoms with Gasteiger partial charge in [0.25, 0.3) is 0 Å². The zero-order valence-electron chi connectivity index (χ0n) is 12.5. The SMILES string of the molecule is Cc1c(Br)ccc(/C=C/C(=O)OCc2ccccc2)c1C(=O)O. The molecule has 0 aromatic heterocycles. The van der Waals surface area contributed by atoms with E-state index in [9.17, 15) is 14.7 Å². The van der Waals surface area contributed by atoms with Crippen LogP contribution in [0.15, 0.2) is 53.0 Å². The first kappa shape index (κ1) is 17.0. The zero-order chi connectivity index (χ0) is 16.8. The van der Waals surface area contributed by atoms with Gasteiger partial charge in [0.15, 0.2) is 0 Å². The van der Waals surface area contributed by atoms with Crippen LogP contribution in [-0.4, -0.2) is 17.0 Å². The summed E-state index contributed by atoms with van der Waals surface area (Å²) >= 11 is 3.30. The summed E-state index contributed by atoms with van der Waals surface area (Å²) in [6.07, 6.45) is 2.69. The molecule has 0 bridgehead atoms. The summed E-state index contributed by atoms with van der Waals surface area (Å²) in [6, 6.07) is 12.7. The molecule has 4 nitrogen and oxygen atoms in total. The van der Waals surface area contributed by atoms with Crippen molar-refractivity contribution in [2.75, 3.05) is 0 Å². The Labute approximate surface area is 142 Å². The van der Waals surface area contributed by atoms with Gasteiger partial charge in [0.05, 0.1) is 5.56 Å². The van der Waals surface area contributed by atoms with Crippen molar-refractivity contribution in [1.82, 2.24) is 0 Å². The van der Waals surface area contributed by atoms with Crippen molar-refractivity contribution in [3.05, 3.63) is 75.3 Å². The number of ether oxygens (including phenoxy) is 1. The Morgan fingerprint density at radius 2 is 1.87 bits per heavy atom. The van der Waals surface area contributed by atoms with E-state index >= 15 is 0 Å². The van der Waals surface area contributed by atoms with Crippen molar-refractivity contribution >= 4 is 33.9 Å². The molecular formula is C18H15BrO4. The average molecular weight is 375 g/mol. The van der Waals surface area contributed by atoms with Crippen LogP contribution in [0.1, 0.15) is 27.0 Å². The van der Waals surface area contributed by atoms with Gasteiger partial charge >= 0.3 is 11.9 Å². The first-order chi connectivity index (χ1) is 11.0. The molecule has 1 N–H and O–H groups in total. The summed E-state index contributed by atoms with van der Waals surface area (Å²) in [7, 11) is 0. The molecule has 23 heavy (non-hydrogen) atoms. The molecule has 2 rings (SSSR count). The van der Waals surface area contributed by atoms with Crippen molar-refractivity contribution in [2.24, 2.45) is 0 Å². The predicted molar refractivity (Wildman–Crippen MR) is 91.1 cm³/mol. The maximum atomic E-state index is 11.8. The number of halogens is 1. The fourth-order valence-electron chi connectivity index (χ4n) is 2.06. The first-order valence-electron chi connectivity index (χ1n) is 6.90. The summed E-state index contributed by atoms with van der Waals surface area (Å²) in [4.78, 5) is 23.1. The van der Waals surface area contributed by atoms with Gasteiger partial charge in [-0.15, -0.1) is 0 Å². The fraction of sp³-hybridized carbons (Fsp3) is 0.111. The number of hydrogen-bond acceptors (Lipinski definition) is 3. The summed E-state index contributed by atoms with van der Waals surface area (Å²) in [5, 5.41) is 9.32. The molecule has 0 radical (unpaired) electrons. The molecule has 0 aliphatic heterocycles. The number of aromatic carboxylic acids is 1. The second-order valence-electron chi connectivity index (χ2n) is 4.87. The molecule has 0 saturated carbocycles. The van der Waals surface area contributed by atoms with E-state index in [0.717, 1.165) is 5.56 Å². The minimum Gasteiger partial charge on any atom is -0.478 e. The Kier molecular flexibility index (Phi) is 5.71. The normalized spacial score (nSPS) is 10.7. The topological polar surface area (TPSA) is 63.6 Å². The maximum absolute atomic E-state index is 11.8. The fourth-order valence-corrected chi connectivity index (χ4v) is 2.40. The molecular weight excluding hydrogens is 360 g/mol. The molecule has 0 aliphatic rings. The van der Waals surface area contributed by atoms with E-state index < -0.39 is 11.9 Å². The van der Waals surface area contributed by atoms with E-state index in [-0.39, 0.29) is 12.2 Å². The Morgan fingerprint density at radius 3 is 2.52 bits per heavy atom. The lowest BCUT2D eigenvalue weighted by Crippen LogP contribution is -2.04. The van der Waals surface area contributed by atoms with Crippen LogP contribution in [0.2, 0.25) is 0 Å². The zero-order valence-corrected chi connectivity index (χ0v) is 14.0. The lowest BCUT2D eigenvalue weighted by Gasteiger charge is -2.07. The molecule has 0 unspecified atom stereocenters.